The third-order valence-electron chi connectivity index (χ3n) is 7.05. The number of esters is 1. The third-order valence-corrected chi connectivity index (χ3v) is 7.28. The summed E-state index contributed by atoms with van der Waals surface area (Å²) in [6, 6.07) is 18.4. The van der Waals surface area contributed by atoms with Crippen LogP contribution in [0.5, 0.6) is 5.88 Å². The lowest BCUT2D eigenvalue weighted by molar-refractivity contribution is -0.115. The fraction of sp³-hybridized carbons (Fsp3) is 0.242. The van der Waals surface area contributed by atoms with Crippen LogP contribution in [-0.2, 0) is 27.3 Å². The Hall–Kier alpha value is -4.54. The molecule has 0 unspecified atom stereocenters. The maximum atomic E-state index is 15.2. The topological polar surface area (TPSA) is 98.8 Å². The van der Waals surface area contributed by atoms with E-state index in [-0.39, 0.29) is 41.5 Å². The number of amides is 1. The summed E-state index contributed by atoms with van der Waals surface area (Å²) in [5, 5.41) is 6.39. The first-order valence-electron chi connectivity index (χ1n) is 14.0. The highest BCUT2D eigenvalue weighted by Gasteiger charge is 2.18. The van der Waals surface area contributed by atoms with Crippen molar-refractivity contribution in [2.45, 2.75) is 32.0 Å². The second-order valence-corrected chi connectivity index (χ2v) is 10.6. The van der Waals surface area contributed by atoms with Crippen LogP contribution in [0.3, 0.4) is 0 Å². The number of nitrogens with one attached hydrogen (secondary N) is 2. The van der Waals surface area contributed by atoms with Crippen molar-refractivity contribution in [3.63, 3.8) is 0 Å². The smallest absolute Gasteiger partial charge is 0.337 e. The van der Waals surface area contributed by atoms with Crippen molar-refractivity contribution in [1.82, 2.24) is 4.98 Å². The van der Waals surface area contributed by atoms with Crippen LogP contribution in [0.4, 0.5) is 20.2 Å². The van der Waals surface area contributed by atoms with Gasteiger partial charge in [-0.25, -0.2) is 18.6 Å². The highest BCUT2D eigenvalue weighted by Crippen LogP contribution is 2.27. The first-order chi connectivity index (χ1) is 21.3. The molecule has 0 saturated carbocycles. The Morgan fingerprint density at radius 2 is 1.89 bits per heavy atom. The van der Waals surface area contributed by atoms with Crippen molar-refractivity contribution in [2.24, 2.45) is 0 Å². The van der Waals surface area contributed by atoms with Gasteiger partial charge in [0.1, 0.15) is 18.2 Å². The summed E-state index contributed by atoms with van der Waals surface area (Å²) in [6.45, 7) is 1.14. The predicted molar refractivity (Wildman–Crippen MR) is 163 cm³/mol. The fourth-order valence-corrected chi connectivity index (χ4v) is 4.92. The molecule has 2 N–H and O–H groups in total. The number of carbonyl (C=O) groups is 2. The van der Waals surface area contributed by atoms with Crippen molar-refractivity contribution in [2.75, 3.05) is 30.9 Å². The normalized spacial score (nSPS) is 14.2. The Bertz CT molecular complexity index is 1660. The molecule has 1 aromatic heterocycles. The van der Waals surface area contributed by atoms with Crippen molar-refractivity contribution in [3.8, 4) is 17.1 Å². The summed E-state index contributed by atoms with van der Waals surface area (Å²) in [5.74, 6) is -1.73. The largest absolute Gasteiger partial charge is 0.473 e. The van der Waals surface area contributed by atoms with Gasteiger partial charge in [0.15, 0.2) is 0 Å². The molecule has 0 spiro atoms. The Kier molecular flexibility index (Phi) is 10.0. The molecule has 1 aliphatic rings. The summed E-state index contributed by atoms with van der Waals surface area (Å²) in [6.07, 6.45) is 1.84. The number of carbonyl (C=O) groups excluding carboxylic acids is 2. The van der Waals surface area contributed by atoms with E-state index < -0.39 is 17.6 Å². The Balaban J connectivity index is 1.24. The SMILES string of the molecule is COC(=O)c1ccc(NC(=O)Cc2ccc(-c3cccc(OCc4ccc(Cl)cc4F)n3)c(F)c2)c(NC[C@@H]2CCCO2)c1. The van der Waals surface area contributed by atoms with E-state index in [1.165, 1.54) is 25.3 Å². The molecule has 228 valence electrons. The lowest BCUT2D eigenvalue weighted by Gasteiger charge is -2.17. The van der Waals surface area contributed by atoms with Gasteiger partial charge >= 0.3 is 5.97 Å². The summed E-state index contributed by atoms with van der Waals surface area (Å²) in [4.78, 5) is 29.4. The van der Waals surface area contributed by atoms with E-state index in [0.717, 1.165) is 12.8 Å². The average molecular weight is 622 g/mol. The van der Waals surface area contributed by atoms with Crippen LogP contribution in [0.2, 0.25) is 5.02 Å². The Morgan fingerprint density at radius 3 is 2.64 bits per heavy atom. The molecule has 1 saturated heterocycles. The first-order valence-corrected chi connectivity index (χ1v) is 14.4. The van der Waals surface area contributed by atoms with Gasteiger partial charge in [0.25, 0.3) is 0 Å². The number of anilines is 2. The molecule has 11 heteroatoms. The molecule has 0 bridgehead atoms. The molecule has 5 rings (SSSR count). The van der Waals surface area contributed by atoms with Crippen LogP contribution in [0.25, 0.3) is 11.3 Å². The molecule has 8 nitrogen and oxygen atoms in total. The van der Waals surface area contributed by atoms with Gasteiger partial charge in [-0.1, -0.05) is 29.8 Å². The summed E-state index contributed by atoms with van der Waals surface area (Å²) >= 11 is 5.80. The number of halogens is 3. The van der Waals surface area contributed by atoms with E-state index >= 15 is 4.39 Å². The second-order valence-electron chi connectivity index (χ2n) is 10.2. The minimum absolute atomic E-state index is 0.0371. The Labute approximate surface area is 258 Å². The van der Waals surface area contributed by atoms with Gasteiger partial charge < -0.3 is 24.8 Å². The van der Waals surface area contributed by atoms with Gasteiger partial charge in [0.2, 0.25) is 11.8 Å². The van der Waals surface area contributed by atoms with Crippen LogP contribution < -0.4 is 15.4 Å². The van der Waals surface area contributed by atoms with E-state index in [0.29, 0.717) is 46.9 Å². The summed E-state index contributed by atoms with van der Waals surface area (Å²) in [7, 11) is 1.30. The minimum atomic E-state index is -0.565. The van der Waals surface area contributed by atoms with Gasteiger partial charge in [-0.15, -0.1) is 0 Å². The highest BCUT2D eigenvalue weighted by atomic mass is 35.5. The number of nitrogens with zero attached hydrogens (tertiary/aromatic N) is 1. The molecule has 2 heterocycles. The monoisotopic (exact) mass is 621 g/mol. The quantitative estimate of drug-likeness (QED) is 0.177. The molecule has 1 aliphatic heterocycles. The minimum Gasteiger partial charge on any atom is -0.473 e. The molecular formula is C33H30ClF2N3O5. The molecule has 1 amide bonds. The van der Waals surface area contributed by atoms with Crippen molar-refractivity contribution in [1.29, 1.82) is 0 Å². The van der Waals surface area contributed by atoms with Gasteiger partial charge in [-0.3, -0.25) is 4.79 Å². The zero-order valence-electron chi connectivity index (χ0n) is 23.9. The van der Waals surface area contributed by atoms with Gasteiger partial charge in [0, 0.05) is 35.4 Å². The number of rotatable bonds is 11. The number of benzene rings is 3. The number of methoxy groups -OCH3 is 1. The van der Waals surface area contributed by atoms with Crippen LogP contribution in [0.15, 0.2) is 72.8 Å². The molecular weight excluding hydrogens is 592 g/mol. The number of aromatic nitrogens is 1. The standard InChI is InChI=1S/C33H30ClF2N3O5/c1-42-33(41)21-9-12-29(30(16-21)37-18-24-4-3-13-43-24)38-31(40)15-20-7-11-25(27(36)14-20)28-5-2-6-32(39-28)44-19-22-8-10-23(34)17-26(22)35/h2,5-12,14,16-17,24,37H,3-4,13,15,18-19H2,1H3,(H,38,40)/t24-/m0/s1. The van der Waals surface area contributed by atoms with E-state index in [9.17, 15) is 14.0 Å². The first kappa shape index (κ1) is 30.9. The molecule has 1 fully saturated rings. The summed E-state index contributed by atoms with van der Waals surface area (Å²) < 4.78 is 45.4. The number of pyridine rings is 1. The van der Waals surface area contributed by atoms with Crippen LogP contribution in [-0.4, -0.2) is 43.2 Å². The Morgan fingerprint density at radius 1 is 1.02 bits per heavy atom. The lowest BCUT2D eigenvalue weighted by Crippen LogP contribution is -2.21. The van der Waals surface area contributed by atoms with Crippen molar-refractivity contribution >= 4 is 34.9 Å². The van der Waals surface area contributed by atoms with E-state index in [4.69, 9.17) is 25.8 Å². The number of hydrogen-bond donors (Lipinski definition) is 2. The van der Waals surface area contributed by atoms with Gasteiger partial charge in [0.05, 0.1) is 42.3 Å². The van der Waals surface area contributed by atoms with Gasteiger partial charge in [-0.05, 0) is 66.9 Å². The van der Waals surface area contributed by atoms with Crippen LogP contribution >= 0.6 is 11.6 Å². The maximum absolute atomic E-state index is 15.2. The zero-order chi connectivity index (χ0) is 31.1. The van der Waals surface area contributed by atoms with Crippen molar-refractivity contribution < 1.29 is 32.6 Å². The summed E-state index contributed by atoms with van der Waals surface area (Å²) in [5.41, 5.74) is 2.65. The van der Waals surface area contributed by atoms with Crippen LogP contribution in [0.1, 0.15) is 34.3 Å². The highest BCUT2D eigenvalue weighted by molar-refractivity contribution is 6.30. The van der Waals surface area contributed by atoms with Crippen LogP contribution in [0, 0.1) is 11.6 Å². The maximum Gasteiger partial charge on any atom is 0.337 e. The van der Waals surface area contributed by atoms with E-state index in [2.05, 4.69) is 15.6 Å². The number of hydrogen-bond acceptors (Lipinski definition) is 7. The second kappa shape index (κ2) is 14.3. The average Bonchev–Trinajstić information content (AvgIpc) is 3.54. The number of ether oxygens (including phenoxy) is 3. The van der Waals surface area contributed by atoms with Gasteiger partial charge in [-0.2, -0.15) is 0 Å². The zero-order valence-corrected chi connectivity index (χ0v) is 24.6. The molecule has 0 aliphatic carbocycles. The predicted octanol–water partition coefficient (Wildman–Crippen LogP) is 6.82. The van der Waals surface area contributed by atoms with E-state index in [1.54, 1.807) is 54.6 Å². The van der Waals surface area contributed by atoms with Crippen molar-refractivity contribution in [3.05, 3.63) is 106 Å². The molecule has 4 aromatic rings. The molecule has 1 atom stereocenters. The third kappa shape index (κ3) is 7.89. The van der Waals surface area contributed by atoms with E-state index in [1.807, 2.05) is 0 Å². The fourth-order valence-electron chi connectivity index (χ4n) is 4.77. The molecule has 0 radical (unpaired) electrons. The molecule has 3 aromatic carbocycles. The molecule has 44 heavy (non-hydrogen) atoms. The lowest BCUT2D eigenvalue weighted by atomic mass is 10.0.